The van der Waals surface area contributed by atoms with Crippen LogP contribution in [0.1, 0.15) is 6.42 Å². The molecular weight excluding hydrogens is 332 g/mol. The summed E-state index contributed by atoms with van der Waals surface area (Å²) >= 11 is 0. The normalized spacial score (nSPS) is 18.7. The molecule has 0 saturated carbocycles. The molecule has 3 heterocycles. The summed E-state index contributed by atoms with van der Waals surface area (Å²) in [6, 6.07) is 1.73. The van der Waals surface area contributed by atoms with Crippen molar-refractivity contribution in [1.82, 2.24) is 23.8 Å². The molecule has 130 valence electrons. The predicted octanol–water partition coefficient (Wildman–Crippen LogP) is 0.118. The monoisotopic (exact) mass is 352 g/mol. The third kappa shape index (κ3) is 3.34. The Kier molecular flexibility index (Phi) is 4.41. The fourth-order valence-corrected chi connectivity index (χ4v) is 3.93. The van der Waals surface area contributed by atoms with Crippen molar-refractivity contribution in [2.24, 2.45) is 7.05 Å². The van der Waals surface area contributed by atoms with Gasteiger partial charge in [0.2, 0.25) is 5.88 Å². The van der Waals surface area contributed by atoms with Crippen LogP contribution in [0.15, 0.2) is 29.9 Å². The van der Waals surface area contributed by atoms with Gasteiger partial charge in [-0.05, 0) is 6.42 Å². The van der Waals surface area contributed by atoms with Crippen LogP contribution in [0.3, 0.4) is 0 Å². The predicted molar refractivity (Wildman–Crippen MR) is 87.4 cm³/mol. The van der Waals surface area contributed by atoms with E-state index in [-0.39, 0.29) is 17.7 Å². The first kappa shape index (κ1) is 16.7. The van der Waals surface area contributed by atoms with Crippen LogP contribution >= 0.6 is 0 Å². The second kappa shape index (κ2) is 6.36. The molecule has 0 aromatic carbocycles. The van der Waals surface area contributed by atoms with E-state index in [1.165, 1.54) is 23.2 Å². The van der Waals surface area contributed by atoms with E-state index in [1.807, 2.05) is 19.0 Å². The lowest BCUT2D eigenvalue weighted by molar-refractivity contribution is 0.206. The first-order valence-corrected chi connectivity index (χ1v) is 8.94. The maximum atomic E-state index is 12.6. The van der Waals surface area contributed by atoms with Crippen LogP contribution in [0, 0.1) is 0 Å². The van der Waals surface area contributed by atoms with Crippen LogP contribution in [-0.4, -0.2) is 65.5 Å². The van der Waals surface area contributed by atoms with Gasteiger partial charge in [-0.15, -0.1) is 0 Å². The highest BCUT2D eigenvalue weighted by molar-refractivity contribution is 7.89. The number of hydrogen-bond acceptors (Lipinski definition) is 7. The number of sulfonamides is 1. The van der Waals surface area contributed by atoms with Gasteiger partial charge in [-0.3, -0.25) is 0 Å². The Morgan fingerprint density at radius 1 is 1.29 bits per heavy atom. The van der Waals surface area contributed by atoms with Crippen molar-refractivity contribution in [2.45, 2.75) is 17.6 Å². The van der Waals surface area contributed by atoms with Gasteiger partial charge in [0.1, 0.15) is 18.2 Å². The van der Waals surface area contributed by atoms with E-state index >= 15 is 0 Å². The fourth-order valence-electron chi connectivity index (χ4n) is 2.48. The summed E-state index contributed by atoms with van der Waals surface area (Å²) in [5, 5.41) is 0.0579. The minimum atomic E-state index is -3.58. The highest BCUT2D eigenvalue weighted by Gasteiger charge is 2.35. The Hall–Kier alpha value is -2.20. The van der Waals surface area contributed by atoms with Crippen LogP contribution < -0.4 is 9.64 Å². The van der Waals surface area contributed by atoms with Gasteiger partial charge in [0.05, 0.1) is 12.9 Å². The summed E-state index contributed by atoms with van der Waals surface area (Å²) in [6.07, 6.45) is 4.77. The maximum Gasteiger partial charge on any atom is 0.262 e. The van der Waals surface area contributed by atoms with E-state index in [2.05, 4.69) is 15.0 Å². The molecule has 1 aliphatic rings. The molecule has 2 aromatic heterocycles. The molecule has 0 radical (unpaired) electrons. The number of hydrogen-bond donors (Lipinski definition) is 0. The van der Waals surface area contributed by atoms with Gasteiger partial charge in [0.15, 0.2) is 5.03 Å². The number of ether oxygens (including phenoxy) is 1. The van der Waals surface area contributed by atoms with E-state index in [1.54, 1.807) is 17.7 Å². The van der Waals surface area contributed by atoms with Crippen LogP contribution in [0.4, 0.5) is 5.82 Å². The van der Waals surface area contributed by atoms with Crippen molar-refractivity contribution in [2.75, 3.05) is 32.1 Å². The number of rotatable bonds is 5. The zero-order chi connectivity index (χ0) is 17.3. The number of anilines is 1. The standard InChI is InChI=1S/C14H20N6O3S/c1-18(2)12-6-13(16-9-15-12)23-11-4-5-20(7-11)24(21,22)14-8-19(3)10-17-14/h6,8-11H,4-5,7H2,1-3H3/t11-/m1/s1. The molecule has 0 N–H and O–H groups in total. The van der Waals surface area contributed by atoms with Gasteiger partial charge in [-0.1, -0.05) is 0 Å². The SMILES string of the molecule is CN(C)c1cc(O[C@@H]2CCN(S(=O)(=O)c3cn(C)cn3)C2)ncn1. The molecule has 10 heteroatoms. The number of nitrogens with zero attached hydrogens (tertiary/aromatic N) is 6. The second-order valence-electron chi connectivity index (χ2n) is 5.88. The lowest BCUT2D eigenvalue weighted by Gasteiger charge is -2.16. The van der Waals surface area contributed by atoms with Crippen LogP contribution in [0.5, 0.6) is 5.88 Å². The van der Waals surface area contributed by atoms with Crippen LogP contribution in [0.25, 0.3) is 0 Å². The molecule has 1 fully saturated rings. The van der Waals surface area contributed by atoms with E-state index < -0.39 is 10.0 Å². The molecule has 24 heavy (non-hydrogen) atoms. The number of aromatic nitrogens is 4. The molecule has 0 bridgehead atoms. The van der Waals surface area contributed by atoms with Crippen LogP contribution in [-0.2, 0) is 17.1 Å². The Labute approximate surface area is 141 Å². The molecule has 1 aliphatic heterocycles. The summed E-state index contributed by atoms with van der Waals surface area (Å²) in [6.45, 7) is 0.676. The molecule has 1 saturated heterocycles. The van der Waals surface area contributed by atoms with Gasteiger partial charge in [-0.2, -0.15) is 4.31 Å². The number of aryl methyl sites for hydroxylation is 1. The van der Waals surface area contributed by atoms with E-state index in [0.29, 0.717) is 18.8 Å². The molecule has 2 aromatic rings. The van der Waals surface area contributed by atoms with Gasteiger partial charge >= 0.3 is 0 Å². The van der Waals surface area contributed by atoms with Crippen molar-refractivity contribution in [3.8, 4) is 5.88 Å². The topological polar surface area (TPSA) is 93.5 Å². The van der Waals surface area contributed by atoms with Gasteiger partial charge in [0.25, 0.3) is 10.0 Å². The second-order valence-corrected chi connectivity index (χ2v) is 7.76. The zero-order valence-electron chi connectivity index (χ0n) is 13.8. The minimum Gasteiger partial charge on any atom is -0.473 e. The largest absolute Gasteiger partial charge is 0.473 e. The summed E-state index contributed by atoms with van der Waals surface area (Å²) in [5.74, 6) is 1.17. The van der Waals surface area contributed by atoms with Crippen molar-refractivity contribution < 1.29 is 13.2 Å². The molecule has 0 spiro atoms. The first-order chi connectivity index (χ1) is 11.4. The maximum absolute atomic E-state index is 12.6. The van der Waals surface area contributed by atoms with E-state index in [0.717, 1.165) is 5.82 Å². The fraction of sp³-hybridized carbons (Fsp3) is 0.500. The Balaban J connectivity index is 1.68. The average molecular weight is 352 g/mol. The number of imidazole rings is 1. The summed E-state index contributed by atoms with van der Waals surface area (Å²) in [5.41, 5.74) is 0. The highest BCUT2D eigenvalue weighted by Crippen LogP contribution is 2.23. The van der Waals surface area contributed by atoms with Crippen molar-refractivity contribution in [3.63, 3.8) is 0 Å². The molecule has 1 atom stereocenters. The summed E-state index contributed by atoms with van der Waals surface area (Å²) in [7, 11) is 1.91. The molecule has 0 amide bonds. The Morgan fingerprint density at radius 3 is 2.75 bits per heavy atom. The smallest absolute Gasteiger partial charge is 0.262 e. The molecule has 0 aliphatic carbocycles. The van der Waals surface area contributed by atoms with Crippen molar-refractivity contribution in [3.05, 3.63) is 24.9 Å². The van der Waals surface area contributed by atoms with E-state index in [9.17, 15) is 8.42 Å². The lowest BCUT2D eigenvalue weighted by Crippen LogP contribution is -2.31. The lowest BCUT2D eigenvalue weighted by atomic mass is 10.3. The molecule has 3 rings (SSSR count). The van der Waals surface area contributed by atoms with Gasteiger partial charge in [-0.25, -0.2) is 23.4 Å². The van der Waals surface area contributed by atoms with Gasteiger partial charge in [0, 0.05) is 40.0 Å². The van der Waals surface area contributed by atoms with Crippen molar-refractivity contribution in [1.29, 1.82) is 0 Å². The summed E-state index contributed by atoms with van der Waals surface area (Å²) in [4.78, 5) is 14.0. The molecule has 0 unspecified atom stereocenters. The average Bonchev–Trinajstić information content (AvgIpc) is 3.17. The first-order valence-electron chi connectivity index (χ1n) is 7.50. The zero-order valence-corrected chi connectivity index (χ0v) is 14.6. The van der Waals surface area contributed by atoms with Crippen LogP contribution in [0.2, 0.25) is 0 Å². The van der Waals surface area contributed by atoms with Gasteiger partial charge < -0.3 is 14.2 Å². The third-order valence-electron chi connectivity index (χ3n) is 3.77. The van der Waals surface area contributed by atoms with E-state index in [4.69, 9.17) is 4.74 Å². The minimum absolute atomic E-state index is 0.0579. The quantitative estimate of drug-likeness (QED) is 0.754. The third-order valence-corrected chi connectivity index (χ3v) is 5.52. The summed E-state index contributed by atoms with van der Waals surface area (Å²) < 4.78 is 33.9. The van der Waals surface area contributed by atoms with Crippen molar-refractivity contribution >= 4 is 15.8 Å². The molecular formula is C14H20N6O3S. The highest BCUT2D eigenvalue weighted by atomic mass is 32.2. The Bertz CT molecular complexity index is 819. The molecule has 9 nitrogen and oxygen atoms in total. The Morgan fingerprint density at radius 2 is 2.08 bits per heavy atom.